The van der Waals surface area contributed by atoms with Crippen LogP contribution >= 0.6 is 0 Å². The highest BCUT2D eigenvalue weighted by Crippen LogP contribution is 2.38. The molecule has 1 aromatic carbocycles. The van der Waals surface area contributed by atoms with E-state index in [-0.39, 0.29) is 5.82 Å². The van der Waals surface area contributed by atoms with Crippen molar-refractivity contribution in [2.45, 2.75) is 33.1 Å². The summed E-state index contributed by atoms with van der Waals surface area (Å²) in [6.45, 7) is 6.79. The molecule has 0 saturated carbocycles. The number of halogens is 1. The largest absolute Gasteiger partial charge is 0.316 e. The number of piperidine rings is 1. The van der Waals surface area contributed by atoms with E-state index in [9.17, 15) is 4.39 Å². The zero-order valence-electron chi connectivity index (χ0n) is 10.8. The summed E-state index contributed by atoms with van der Waals surface area (Å²) < 4.78 is 13.2. The van der Waals surface area contributed by atoms with Crippen molar-refractivity contribution < 1.29 is 4.39 Å². The Morgan fingerprint density at radius 3 is 3.00 bits per heavy atom. The zero-order chi connectivity index (χ0) is 12.3. The van der Waals surface area contributed by atoms with Crippen LogP contribution < -0.4 is 5.32 Å². The van der Waals surface area contributed by atoms with Crippen LogP contribution in [0.4, 0.5) is 4.39 Å². The minimum absolute atomic E-state index is 0.118. The summed E-state index contributed by atoms with van der Waals surface area (Å²) in [4.78, 5) is 0. The fourth-order valence-electron chi connectivity index (χ4n) is 3.08. The SMILES string of the molecule is CCC1CNCCC1(C)Cc1cccc(F)c1. The average Bonchev–Trinajstić information content (AvgIpc) is 2.29. The van der Waals surface area contributed by atoms with Crippen molar-refractivity contribution in [3.63, 3.8) is 0 Å². The monoisotopic (exact) mass is 235 g/mol. The minimum Gasteiger partial charge on any atom is -0.316 e. The second-order valence-electron chi connectivity index (χ2n) is 5.52. The summed E-state index contributed by atoms with van der Waals surface area (Å²) in [5.41, 5.74) is 1.45. The summed E-state index contributed by atoms with van der Waals surface area (Å²) in [7, 11) is 0. The molecule has 1 heterocycles. The number of nitrogens with one attached hydrogen (secondary N) is 1. The second kappa shape index (κ2) is 5.18. The van der Waals surface area contributed by atoms with E-state index in [0.29, 0.717) is 11.3 Å². The van der Waals surface area contributed by atoms with E-state index in [2.05, 4.69) is 19.2 Å². The first-order chi connectivity index (χ1) is 8.14. The van der Waals surface area contributed by atoms with Gasteiger partial charge in [0.25, 0.3) is 0 Å². The summed E-state index contributed by atoms with van der Waals surface area (Å²) in [5, 5.41) is 3.46. The van der Waals surface area contributed by atoms with Gasteiger partial charge in [0, 0.05) is 0 Å². The lowest BCUT2D eigenvalue weighted by molar-refractivity contribution is 0.125. The molecule has 17 heavy (non-hydrogen) atoms. The smallest absolute Gasteiger partial charge is 0.123 e. The van der Waals surface area contributed by atoms with Crippen molar-refractivity contribution in [3.8, 4) is 0 Å². The fraction of sp³-hybridized carbons (Fsp3) is 0.600. The Kier molecular flexibility index (Phi) is 3.82. The first-order valence-corrected chi connectivity index (χ1v) is 6.59. The number of hydrogen-bond acceptors (Lipinski definition) is 1. The maximum atomic E-state index is 13.2. The van der Waals surface area contributed by atoms with E-state index in [1.54, 1.807) is 6.07 Å². The van der Waals surface area contributed by atoms with Crippen molar-refractivity contribution >= 4 is 0 Å². The van der Waals surface area contributed by atoms with Gasteiger partial charge in [0.15, 0.2) is 0 Å². The minimum atomic E-state index is -0.118. The predicted octanol–water partition coefficient (Wildman–Crippen LogP) is 3.39. The van der Waals surface area contributed by atoms with Gasteiger partial charge in [0.05, 0.1) is 0 Å². The highest BCUT2D eigenvalue weighted by atomic mass is 19.1. The summed E-state index contributed by atoms with van der Waals surface area (Å²) in [6, 6.07) is 7.06. The molecule has 0 radical (unpaired) electrons. The molecule has 1 aliphatic heterocycles. The van der Waals surface area contributed by atoms with Gasteiger partial charge in [0.1, 0.15) is 5.82 Å². The predicted molar refractivity (Wildman–Crippen MR) is 69.5 cm³/mol. The fourth-order valence-corrected chi connectivity index (χ4v) is 3.08. The van der Waals surface area contributed by atoms with Crippen molar-refractivity contribution in [1.82, 2.24) is 5.32 Å². The van der Waals surface area contributed by atoms with E-state index >= 15 is 0 Å². The molecule has 1 saturated heterocycles. The van der Waals surface area contributed by atoms with Crippen LogP contribution in [-0.4, -0.2) is 13.1 Å². The van der Waals surface area contributed by atoms with Gasteiger partial charge in [-0.2, -0.15) is 0 Å². The highest BCUT2D eigenvalue weighted by molar-refractivity contribution is 5.18. The maximum absolute atomic E-state index is 13.2. The van der Waals surface area contributed by atoms with Gasteiger partial charge in [-0.3, -0.25) is 0 Å². The van der Waals surface area contributed by atoms with Crippen LogP contribution in [0.15, 0.2) is 24.3 Å². The average molecular weight is 235 g/mol. The third-order valence-electron chi connectivity index (χ3n) is 4.24. The van der Waals surface area contributed by atoms with Crippen LogP contribution in [-0.2, 0) is 6.42 Å². The van der Waals surface area contributed by atoms with Gasteiger partial charge in [0.2, 0.25) is 0 Å². The Hall–Kier alpha value is -0.890. The Bertz CT molecular complexity index is 377. The molecule has 94 valence electrons. The first-order valence-electron chi connectivity index (χ1n) is 6.59. The van der Waals surface area contributed by atoms with Crippen molar-refractivity contribution in [1.29, 1.82) is 0 Å². The molecule has 2 atom stereocenters. The quantitative estimate of drug-likeness (QED) is 0.846. The third kappa shape index (κ3) is 2.86. The molecule has 1 nitrogen and oxygen atoms in total. The Balaban J connectivity index is 2.14. The standard InChI is InChI=1S/C15H22FN/c1-3-13-11-17-8-7-15(13,2)10-12-5-4-6-14(16)9-12/h4-6,9,13,17H,3,7-8,10-11H2,1-2H3. The molecule has 0 bridgehead atoms. The van der Waals surface area contributed by atoms with E-state index in [1.165, 1.54) is 18.9 Å². The highest BCUT2D eigenvalue weighted by Gasteiger charge is 2.35. The molecule has 0 aromatic heterocycles. The Labute approximate surface area is 103 Å². The van der Waals surface area contributed by atoms with E-state index in [4.69, 9.17) is 0 Å². The molecule has 2 heteroatoms. The molecular formula is C15H22FN. The van der Waals surface area contributed by atoms with Crippen molar-refractivity contribution in [2.75, 3.05) is 13.1 Å². The second-order valence-corrected chi connectivity index (χ2v) is 5.52. The molecule has 2 rings (SSSR count). The summed E-state index contributed by atoms with van der Waals surface area (Å²) in [6.07, 6.45) is 3.37. The molecule has 1 aromatic rings. The summed E-state index contributed by atoms with van der Waals surface area (Å²) >= 11 is 0. The number of hydrogen-bond donors (Lipinski definition) is 1. The van der Waals surface area contributed by atoms with Crippen LogP contribution in [0, 0.1) is 17.2 Å². The van der Waals surface area contributed by atoms with Crippen LogP contribution in [0.25, 0.3) is 0 Å². The third-order valence-corrected chi connectivity index (χ3v) is 4.24. The molecule has 0 aliphatic carbocycles. The van der Waals surface area contributed by atoms with Gasteiger partial charge >= 0.3 is 0 Å². The normalized spacial score (nSPS) is 29.2. The van der Waals surface area contributed by atoms with Gasteiger partial charge in [-0.05, 0) is 55.0 Å². The van der Waals surface area contributed by atoms with E-state index < -0.39 is 0 Å². The first kappa shape index (κ1) is 12.6. The topological polar surface area (TPSA) is 12.0 Å². The van der Waals surface area contributed by atoms with Gasteiger partial charge < -0.3 is 5.32 Å². The van der Waals surface area contributed by atoms with Crippen LogP contribution in [0.3, 0.4) is 0 Å². The lowest BCUT2D eigenvalue weighted by Gasteiger charge is -2.42. The summed E-state index contributed by atoms with van der Waals surface area (Å²) in [5.74, 6) is 0.576. The van der Waals surface area contributed by atoms with Gasteiger partial charge in [-0.1, -0.05) is 32.4 Å². The molecule has 1 N–H and O–H groups in total. The van der Waals surface area contributed by atoms with Gasteiger partial charge in [-0.25, -0.2) is 4.39 Å². The van der Waals surface area contributed by atoms with Crippen LogP contribution in [0.2, 0.25) is 0 Å². The molecular weight excluding hydrogens is 213 g/mol. The zero-order valence-corrected chi connectivity index (χ0v) is 10.8. The Morgan fingerprint density at radius 2 is 2.29 bits per heavy atom. The van der Waals surface area contributed by atoms with Crippen molar-refractivity contribution in [3.05, 3.63) is 35.6 Å². The molecule has 0 amide bonds. The van der Waals surface area contributed by atoms with Crippen LogP contribution in [0.5, 0.6) is 0 Å². The molecule has 2 unspecified atom stereocenters. The molecule has 0 spiro atoms. The van der Waals surface area contributed by atoms with Crippen molar-refractivity contribution in [2.24, 2.45) is 11.3 Å². The van der Waals surface area contributed by atoms with E-state index in [1.807, 2.05) is 12.1 Å². The maximum Gasteiger partial charge on any atom is 0.123 e. The van der Waals surface area contributed by atoms with Gasteiger partial charge in [-0.15, -0.1) is 0 Å². The van der Waals surface area contributed by atoms with E-state index in [0.717, 1.165) is 25.1 Å². The lowest BCUT2D eigenvalue weighted by atomic mass is 9.67. The number of benzene rings is 1. The number of rotatable bonds is 3. The molecule has 1 aliphatic rings. The Morgan fingerprint density at radius 1 is 1.47 bits per heavy atom. The van der Waals surface area contributed by atoms with Crippen LogP contribution in [0.1, 0.15) is 32.3 Å². The molecule has 1 fully saturated rings. The lowest BCUT2D eigenvalue weighted by Crippen LogP contribution is -2.44.